The highest BCUT2D eigenvalue weighted by molar-refractivity contribution is 5.97. The summed E-state index contributed by atoms with van der Waals surface area (Å²) in [5, 5.41) is 4.98. The highest BCUT2D eigenvalue weighted by Gasteiger charge is 2.45. The molecular formula is C21H19F2N7O3. The van der Waals surface area contributed by atoms with E-state index in [9.17, 15) is 8.78 Å². The van der Waals surface area contributed by atoms with Crippen molar-refractivity contribution >= 4 is 22.5 Å². The molecule has 0 unspecified atom stereocenters. The van der Waals surface area contributed by atoms with Gasteiger partial charge in [-0.3, -0.25) is 4.90 Å². The number of ether oxygens (including phenoxy) is 2. The first kappa shape index (κ1) is 19.0. The predicted octanol–water partition coefficient (Wildman–Crippen LogP) is 2.65. The Kier molecular flexibility index (Phi) is 3.74. The molecule has 0 saturated heterocycles. The zero-order valence-corrected chi connectivity index (χ0v) is 17.4. The molecule has 7 rings (SSSR count). The van der Waals surface area contributed by atoms with Crippen molar-refractivity contribution in [3.05, 3.63) is 35.3 Å². The van der Waals surface area contributed by atoms with Crippen LogP contribution in [0.1, 0.15) is 41.9 Å². The van der Waals surface area contributed by atoms with Crippen molar-refractivity contribution in [1.82, 2.24) is 29.5 Å². The van der Waals surface area contributed by atoms with Gasteiger partial charge in [0.25, 0.3) is 0 Å². The second-order valence-electron chi connectivity index (χ2n) is 8.66. The number of nitrogens with two attached hydrogens (primary N) is 1. The average molecular weight is 455 g/mol. The van der Waals surface area contributed by atoms with Crippen LogP contribution < -0.4 is 15.2 Å². The lowest BCUT2D eigenvalue weighted by atomic mass is 10.1. The predicted molar refractivity (Wildman–Crippen MR) is 110 cm³/mol. The molecule has 12 heteroatoms. The summed E-state index contributed by atoms with van der Waals surface area (Å²) in [4.78, 5) is 15.8. The SMILES string of the molecule is Nc1nc2c3c(ccc2c2nc(CCN4CCc5nc(C6CC6)oc5C4)nn12)OC(F)(F)O3. The van der Waals surface area contributed by atoms with Crippen LogP contribution >= 0.6 is 0 Å². The summed E-state index contributed by atoms with van der Waals surface area (Å²) in [7, 11) is 0. The van der Waals surface area contributed by atoms with Crippen LogP contribution in [0.25, 0.3) is 16.6 Å². The minimum atomic E-state index is -3.74. The molecular weight excluding hydrogens is 436 g/mol. The van der Waals surface area contributed by atoms with Crippen molar-refractivity contribution in [2.75, 3.05) is 18.8 Å². The molecule has 170 valence electrons. The molecule has 0 bridgehead atoms. The first-order valence-electron chi connectivity index (χ1n) is 10.9. The largest absolute Gasteiger partial charge is 0.586 e. The number of halogens is 2. The van der Waals surface area contributed by atoms with Crippen molar-refractivity contribution in [3.8, 4) is 11.5 Å². The molecule has 10 nitrogen and oxygen atoms in total. The van der Waals surface area contributed by atoms with E-state index in [1.54, 1.807) is 6.07 Å². The maximum absolute atomic E-state index is 13.5. The molecule has 1 aliphatic carbocycles. The third-order valence-corrected chi connectivity index (χ3v) is 6.29. The van der Waals surface area contributed by atoms with Crippen LogP contribution in [0.4, 0.5) is 14.7 Å². The number of hydrogen-bond acceptors (Lipinski definition) is 9. The molecule has 3 aromatic heterocycles. The minimum absolute atomic E-state index is 0.0281. The van der Waals surface area contributed by atoms with Gasteiger partial charge >= 0.3 is 6.29 Å². The van der Waals surface area contributed by atoms with Crippen LogP contribution in [0, 0.1) is 0 Å². The van der Waals surface area contributed by atoms with Gasteiger partial charge in [-0.2, -0.15) is 4.52 Å². The Hall–Kier alpha value is -3.54. The molecule has 4 aromatic rings. The number of rotatable bonds is 4. The van der Waals surface area contributed by atoms with Crippen LogP contribution in [-0.4, -0.2) is 48.9 Å². The molecule has 33 heavy (non-hydrogen) atoms. The van der Waals surface area contributed by atoms with Crippen molar-refractivity contribution < 1.29 is 22.7 Å². The fourth-order valence-corrected chi connectivity index (χ4v) is 4.47. The first-order chi connectivity index (χ1) is 15.9. The van der Waals surface area contributed by atoms with E-state index in [1.165, 1.54) is 23.4 Å². The molecule has 0 atom stereocenters. The van der Waals surface area contributed by atoms with Gasteiger partial charge < -0.3 is 19.6 Å². The van der Waals surface area contributed by atoms with Crippen molar-refractivity contribution in [2.45, 2.75) is 44.4 Å². The second kappa shape index (κ2) is 6.50. The zero-order chi connectivity index (χ0) is 22.3. The Labute approximate surface area is 185 Å². The van der Waals surface area contributed by atoms with Gasteiger partial charge in [-0.25, -0.2) is 15.0 Å². The van der Waals surface area contributed by atoms with Crippen LogP contribution in [-0.2, 0) is 19.4 Å². The third-order valence-electron chi connectivity index (χ3n) is 6.29. The normalized spacial score (nSPS) is 19.5. The second-order valence-corrected chi connectivity index (χ2v) is 8.66. The van der Waals surface area contributed by atoms with Gasteiger partial charge in [0.2, 0.25) is 5.95 Å². The number of alkyl halides is 2. The third kappa shape index (κ3) is 3.08. The van der Waals surface area contributed by atoms with E-state index in [1.807, 2.05) is 0 Å². The lowest BCUT2D eigenvalue weighted by Crippen LogP contribution is -2.32. The van der Waals surface area contributed by atoms with E-state index in [4.69, 9.17) is 10.2 Å². The fraction of sp³-hybridized carbons (Fsp3) is 0.429. The summed E-state index contributed by atoms with van der Waals surface area (Å²) < 4.78 is 43.7. The number of nitrogen functional groups attached to an aromatic ring is 1. The van der Waals surface area contributed by atoms with E-state index in [0.29, 0.717) is 35.7 Å². The van der Waals surface area contributed by atoms with Gasteiger partial charge in [0, 0.05) is 37.2 Å². The summed E-state index contributed by atoms with van der Waals surface area (Å²) in [6, 6.07) is 3.01. The van der Waals surface area contributed by atoms with Crippen molar-refractivity contribution in [2.24, 2.45) is 0 Å². The molecule has 3 aliphatic rings. The van der Waals surface area contributed by atoms with E-state index < -0.39 is 6.29 Å². The van der Waals surface area contributed by atoms with E-state index in [-0.39, 0.29) is 23.0 Å². The minimum Gasteiger partial charge on any atom is -0.444 e. The van der Waals surface area contributed by atoms with Crippen LogP contribution in [0.2, 0.25) is 0 Å². The monoisotopic (exact) mass is 455 g/mol. The number of oxazole rings is 1. The van der Waals surface area contributed by atoms with Crippen LogP contribution in [0.5, 0.6) is 11.5 Å². The molecule has 1 fully saturated rings. The maximum Gasteiger partial charge on any atom is 0.586 e. The van der Waals surface area contributed by atoms with Gasteiger partial charge in [-0.1, -0.05) is 0 Å². The summed E-state index contributed by atoms with van der Waals surface area (Å²) in [6.45, 7) is 2.34. The molecule has 1 saturated carbocycles. The number of fused-ring (bicyclic) bond motifs is 6. The van der Waals surface area contributed by atoms with E-state index in [0.717, 1.165) is 36.9 Å². The standard InChI is InChI=1S/C21H19F2N7O3/c22-21(23)32-13-4-3-11-16(17(13)33-21)27-20(24)30-18(11)26-15(28-30)6-8-29-7-5-12-14(9-29)31-19(25-12)10-1-2-10/h3-4,10H,1-2,5-9H2,(H2,24,27). The van der Waals surface area contributed by atoms with Crippen molar-refractivity contribution in [3.63, 3.8) is 0 Å². The number of benzene rings is 1. The van der Waals surface area contributed by atoms with Crippen LogP contribution in [0.15, 0.2) is 16.5 Å². The molecule has 0 spiro atoms. The summed E-state index contributed by atoms with van der Waals surface area (Å²) in [6.07, 6.45) is 0.0440. The average Bonchev–Trinajstić information content (AvgIpc) is 3.25. The smallest absolute Gasteiger partial charge is 0.444 e. The van der Waals surface area contributed by atoms with E-state index in [2.05, 4.69) is 34.4 Å². The summed E-state index contributed by atoms with van der Waals surface area (Å²) >= 11 is 0. The Morgan fingerprint density at radius 3 is 2.88 bits per heavy atom. The molecule has 5 heterocycles. The zero-order valence-electron chi connectivity index (χ0n) is 17.4. The molecule has 0 amide bonds. The molecule has 2 N–H and O–H groups in total. The fourth-order valence-electron chi connectivity index (χ4n) is 4.47. The molecule has 2 aliphatic heterocycles. The van der Waals surface area contributed by atoms with Gasteiger partial charge in [0.1, 0.15) is 11.3 Å². The maximum atomic E-state index is 13.5. The Morgan fingerprint density at radius 1 is 1.15 bits per heavy atom. The highest BCUT2D eigenvalue weighted by atomic mass is 19.3. The summed E-state index contributed by atoms with van der Waals surface area (Å²) in [5.41, 5.74) is 7.73. The first-order valence-corrected chi connectivity index (χ1v) is 10.9. The Bertz CT molecular complexity index is 1430. The molecule has 0 radical (unpaired) electrons. The van der Waals surface area contributed by atoms with E-state index >= 15 is 0 Å². The molecule has 1 aromatic carbocycles. The quantitative estimate of drug-likeness (QED) is 0.496. The Balaban J connectivity index is 1.15. The lowest BCUT2D eigenvalue weighted by Gasteiger charge is -2.24. The van der Waals surface area contributed by atoms with Crippen LogP contribution in [0.3, 0.4) is 0 Å². The van der Waals surface area contributed by atoms with Gasteiger partial charge in [0.15, 0.2) is 28.9 Å². The number of anilines is 1. The number of nitrogens with zero attached hydrogens (tertiary/aromatic N) is 6. The number of aromatic nitrogens is 5. The number of hydrogen-bond donors (Lipinski definition) is 1. The van der Waals surface area contributed by atoms with Crippen molar-refractivity contribution in [1.29, 1.82) is 0 Å². The Morgan fingerprint density at radius 2 is 2.03 bits per heavy atom. The highest BCUT2D eigenvalue weighted by Crippen LogP contribution is 2.45. The lowest BCUT2D eigenvalue weighted by molar-refractivity contribution is -0.286. The topological polar surface area (TPSA) is 117 Å². The van der Waals surface area contributed by atoms with Gasteiger partial charge in [-0.15, -0.1) is 13.9 Å². The summed E-state index contributed by atoms with van der Waals surface area (Å²) in [5.74, 6) is 2.71. The van der Waals surface area contributed by atoms with Gasteiger partial charge in [0.05, 0.1) is 12.2 Å². The van der Waals surface area contributed by atoms with Gasteiger partial charge in [-0.05, 0) is 25.0 Å².